The Bertz CT molecular complexity index is 248. The second-order valence-corrected chi connectivity index (χ2v) is 5.20. The van der Waals surface area contributed by atoms with Gasteiger partial charge in [0, 0.05) is 19.2 Å². The number of hydrogen-bond acceptors (Lipinski definition) is 3. The molecule has 1 aliphatic heterocycles. The van der Waals surface area contributed by atoms with Gasteiger partial charge in [0.25, 0.3) is 0 Å². The van der Waals surface area contributed by atoms with Crippen molar-refractivity contribution in [3.05, 3.63) is 0 Å². The van der Waals surface area contributed by atoms with Gasteiger partial charge in [0.1, 0.15) is 0 Å². The van der Waals surface area contributed by atoms with Crippen LogP contribution >= 0.6 is 0 Å². The predicted molar refractivity (Wildman–Crippen MR) is 66.7 cm³/mol. The highest BCUT2D eigenvalue weighted by atomic mass is 16.3. The molecule has 0 aromatic carbocycles. The quantitative estimate of drug-likeness (QED) is 0.750. The Balaban J connectivity index is 1.90. The van der Waals surface area contributed by atoms with Crippen LogP contribution in [0.15, 0.2) is 0 Å². The standard InChI is InChI=1S/C13H24N2O2/c16-10-4-9-15(11-5-3-6-11)13(17)12-7-1-2-8-14-12/h11-12,14,16H,1-10H2/t12-/m0/s1. The predicted octanol–water partition coefficient (Wildman–Crippen LogP) is 0.892. The molecule has 1 saturated heterocycles. The van der Waals surface area contributed by atoms with Gasteiger partial charge in [-0.3, -0.25) is 4.79 Å². The molecule has 2 N–H and O–H groups in total. The topological polar surface area (TPSA) is 52.6 Å². The lowest BCUT2D eigenvalue weighted by atomic mass is 9.90. The Morgan fingerprint density at radius 2 is 2.06 bits per heavy atom. The molecule has 0 spiro atoms. The number of aliphatic hydroxyl groups is 1. The van der Waals surface area contributed by atoms with Crippen LogP contribution in [0.25, 0.3) is 0 Å². The molecule has 1 saturated carbocycles. The van der Waals surface area contributed by atoms with Gasteiger partial charge in [-0.15, -0.1) is 0 Å². The summed E-state index contributed by atoms with van der Waals surface area (Å²) < 4.78 is 0. The Hall–Kier alpha value is -0.610. The van der Waals surface area contributed by atoms with E-state index in [0.29, 0.717) is 12.5 Å². The fourth-order valence-corrected chi connectivity index (χ4v) is 2.67. The molecule has 0 unspecified atom stereocenters. The molecule has 2 aliphatic rings. The van der Waals surface area contributed by atoms with Gasteiger partial charge < -0.3 is 15.3 Å². The summed E-state index contributed by atoms with van der Waals surface area (Å²) in [6.45, 7) is 1.86. The monoisotopic (exact) mass is 240 g/mol. The summed E-state index contributed by atoms with van der Waals surface area (Å²) in [6, 6.07) is 0.473. The molecule has 4 nitrogen and oxygen atoms in total. The van der Waals surface area contributed by atoms with Crippen LogP contribution in [0, 0.1) is 0 Å². The maximum atomic E-state index is 12.4. The van der Waals surface area contributed by atoms with Gasteiger partial charge in [-0.05, 0) is 45.1 Å². The van der Waals surface area contributed by atoms with Gasteiger partial charge >= 0.3 is 0 Å². The fourth-order valence-electron chi connectivity index (χ4n) is 2.67. The van der Waals surface area contributed by atoms with E-state index in [0.717, 1.165) is 38.8 Å². The average Bonchev–Trinajstić information content (AvgIpc) is 2.32. The molecule has 4 heteroatoms. The van der Waals surface area contributed by atoms with E-state index < -0.39 is 0 Å². The molecule has 0 radical (unpaired) electrons. The van der Waals surface area contributed by atoms with E-state index >= 15 is 0 Å². The maximum absolute atomic E-state index is 12.4. The van der Waals surface area contributed by atoms with E-state index in [4.69, 9.17) is 5.11 Å². The SMILES string of the molecule is O=C([C@@H]1CCCCN1)N(CCCO)C1CCC1. The Kier molecular flexibility index (Phi) is 4.80. The number of nitrogens with one attached hydrogen (secondary N) is 1. The lowest BCUT2D eigenvalue weighted by Crippen LogP contribution is -2.53. The molecular formula is C13H24N2O2. The summed E-state index contributed by atoms with van der Waals surface area (Å²) in [6.07, 6.45) is 7.54. The van der Waals surface area contributed by atoms with Crippen LogP contribution < -0.4 is 5.32 Å². The number of rotatable bonds is 5. The van der Waals surface area contributed by atoms with Crippen LogP contribution in [-0.2, 0) is 4.79 Å². The van der Waals surface area contributed by atoms with Crippen molar-refractivity contribution >= 4 is 5.91 Å². The van der Waals surface area contributed by atoms with Gasteiger partial charge in [0.05, 0.1) is 6.04 Å². The highest BCUT2D eigenvalue weighted by Gasteiger charge is 2.32. The molecule has 2 fully saturated rings. The van der Waals surface area contributed by atoms with E-state index in [1.807, 2.05) is 4.90 Å². The molecule has 98 valence electrons. The number of aliphatic hydroxyl groups excluding tert-OH is 1. The summed E-state index contributed by atoms with van der Waals surface area (Å²) in [5, 5.41) is 12.3. The molecular weight excluding hydrogens is 216 g/mol. The van der Waals surface area contributed by atoms with Gasteiger partial charge in [-0.1, -0.05) is 6.42 Å². The molecule has 17 heavy (non-hydrogen) atoms. The first kappa shape index (κ1) is 12.8. The molecule has 1 atom stereocenters. The maximum Gasteiger partial charge on any atom is 0.239 e. The van der Waals surface area contributed by atoms with Crippen LogP contribution in [0.4, 0.5) is 0 Å². The van der Waals surface area contributed by atoms with Crippen molar-refractivity contribution in [1.29, 1.82) is 0 Å². The Morgan fingerprint density at radius 1 is 1.24 bits per heavy atom. The van der Waals surface area contributed by atoms with Gasteiger partial charge in [0.2, 0.25) is 5.91 Å². The smallest absolute Gasteiger partial charge is 0.239 e. The highest BCUT2D eigenvalue weighted by molar-refractivity contribution is 5.82. The third-order valence-corrected chi connectivity index (χ3v) is 3.96. The van der Waals surface area contributed by atoms with E-state index in [9.17, 15) is 4.79 Å². The van der Waals surface area contributed by atoms with Gasteiger partial charge in [0.15, 0.2) is 0 Å². The van der Waals surface area contributed by atoms with Crippen molar-refractivity contribution < 1.29 is 9.90 Å². The first-order valence-corrected chi connectivity index (χ1v) is 6.97. The second-order valence-electron chi connectivity index (χ2n) is 5.20. The molecule has 0 aromatic heterocycles. The van der Waals surface area contributed by atoms with Crippen molar-refractivity contribution in [3.8, 4) is 0 Å². The van der Waals surface area contributed by atoms with Crippen molar-refractivity contribution in [2.45, 2.75) is 57.0 Å². The summed E-state index contributed by atoms with van der Waals surface area (Å²) >= 11 is 0. The normalized spacial score (nSPS) is 25.4. The summed E-state index contributed by atoms with van der Waals surface area (Å²) in [5.74, 6) is 0.267. The van der Waals surface area contributed by atoms with Crippen LogP contribution in [0.3, 0.4) is 0 Å². The Labute approximate surface area is 103 Å². The van der Waals surface area contributed by atoms with Crippen LogP contribution in [-0.4, -0.2) is 47.7 Å². The molecule has 1 heterocycles. The van der Waals surface area contributed by atoms with Crippen molar-refractivity contribution in [2.75, 3.05) is 19.7 Å². The van der Waals surface area contributed by atoms with Crippen molar-refractivity contribution in [2.24, 2.45) is 0 Å². The van der Waals surface area contributed by atoms with Crippen molar-refractivity contribution in [1.82, 2.24) is 10.2 Å². The van der Waals surface area contributed by atoms with Gasteiger partial charge in [-0.2, -0.15) is 0 Å². The van der Waals surface area contributed by atoms with E-state index in [1.165, 1.54) is 12.8 Å². The van der Waals surface area contributed by atoms with Gasteiger partial charge in [-0.25, -0.2) is 0 Å². The number of carbonyl (C=O) groups excluding carboxylic acids is 1. The van der Waals surface area contributed by atoms with Crippen LogP contribution in [0.2, 0.25) is 0 Å². The minimum atomic E-state index is 0.0306. The first-order valence-electron chi connectivity index (χ1n) is 6.97. The summed E-state index contributed by atoms with van der Waals surface area (Å²) in [5.41, 5.74) is 0. The minimum Gasteiger partial charge on any atom is -0.396 e. The fraction of sp³-hybridized carbons (Fsp3) is 0.923. The lowest BCUT2D eigenvalue weighted by Gasteiger charge is -2.40. The number of nitrogens with zero attached hydrogens (tertiary/aromatic N) is 1. The second kappa shape index (κ2) is 6.36. The summed E-state index contributed by atoms with van der Waals surface area (Å²) in [4.78, 5) is 14.4. The third-order valence-electron chi connectivity index (χ3n) is 3.96. The zero-order chi connectivity index (χ0) is 12.1. The molecule has 1 amide bonds. The zero-order valence-corrected chi connectivity index (χ0v) is 10.5. The summed E-state index contributed by atoms with van der Waals surface area (Å²) in [7, 11) is 0. The third kappa shape index (κ3) is 3.19. The number of carbonyl (C=O) groups is 1. The number of hydrogen-bond donors (Lipinski definition) is 2. The molecule has 1 aliphatic carbocycles. The van der Waals surface area contributed by atoms with E-state index in [-0.39, 0.29) is 18.6 Å². The van der Waals surface area contributed by atoms with E-state index in [1.54, 1.807) is 0 Å². The largest absolute Gasteiger partial charge is 0.396 e. The lowest BCUT2D eigenvalue weighted by molar-refractivity contribution is -0.138. The van der Waals surface area contributed by atoms with Crippen LogP contribution in [0.5, 0.6) is 0 Å². The molecule has 0 bridgehead atoms. The zero-order valence-electron chi connectivity index (χ0n) is 10.5. The highest BCUT2D eigenvalue weighted by Crippen LogP contribution is 2.26. The van der Waals surface area contributed by atoms with Crippen molar-refractivity contribution in [3.63, 3.8) is 0 Å². The Morgan fingerprint density at radius 3 is 2.59 bits per heavy atom. The number of piperidine rings is 1. The minimum absolute atomic E-state index is 0.0306. The first-order chi connectivity index (χ1) is 8.33. The average molecular weight is 240 g/mol. The molecule has 0 aromatic rings. The molecule has 2 rings (SSSR count). The van der Waals surface area contributed by atoms with Crippen LogP contribution in [0.1, 0.15) is 44.9 Å². The number of amides is 1. The van der Waals surface area contributed by atoms with E-state index in [2.05, 4.69) is 5.32 Å².